The van der Waals surface area contributed by atoms with Crippen LogP contribution in [0.15, 0.2) is 36.4 Å². The van der Waals surface area contributed by atoms with Gasteiger partial charge in [0, 0.05) is 0 Å². The highest BCUT2D eigenvalue weighted by Crippen LogP contribution is 2.48. The summed E-state index contributed by atoms with van der Waals surface area (Å²) in [5.74, 6) is 3.11. The summed E-state index contributed by atoms with van der Waals surface area (Å²) in [7, 11) is 0. The van der Waals surface area contributed by atoms with Crippen LogP contribution in [0.4, 0.5) is 13.2 Å². The van der Waals surface area contributed by atoms with Gasteiger partial charge < -0.3 is 4.74 Å². The highest BCUT2D eigenvalue weighted by atomic mass is 19.4. The molecular formula is C23H27F3O. The van der Waals surface area contributed by atoms with E-state index in [2.05, 4.69) is 23.8 Å². The van der Waals surface area contributed by atoms with Crippen LogP contribution in [0.2, 0.25) is 0 Å². The monoisotopic (exact) mass is 376 g/mol. The van der Waals surface area contributed by atoms with Gasteiger partial charge >= 0.3 is 6.36 Å². The van der Waals surface area contributed by atoms with Crippen molar-refractivity contribution in [3.05, 3.63) is 42.0 Å². The van der Waals surface area contributed by atoms with Gasteiger partial charge in [0.2, 0.25) is 0 Å². The zero-order valence-corrected chi connectivity index (χ0v) is 15.8. The number of hydrogen-bond donors (Lipinski definition) is 0. The lowest BCUT2D eigenvalue weighted by Crippen LogP contribution is -2.30. The van der Waals surface area contributed by atoms with E-state index in [1.54, 1.807) is 6.07 Å². The number of benzene rings is 2. The first-order valence-electron chi connectivity index (χ1n) is 10.2. The van der Waals surface area contributed by atoms with E-state index in [1.807, 2.05) is 6.07 Å². The Kier molecular flexibility index (Phi) is 5.09. The van der Waals surface area contributed by atoms with Crippen molar-refractivity contribution in [2.75, 3.05) is 0 Å². The molecule has 4 unspecified atom stereocenters. The van der Waals surface area contributed by atoms with Crippen molar-refractivity contribution in [3.8, 4) is 5.75 Å². The molecule has 0 N–H and O–H groups in total. The lowest BCUT2D eigenvalue weighted by molar-refractivity contribution is -0.274. The molecule has 0 amide bonds. The summed E-state index contributed by atoms with van der Waals surface area (Å²) in [6.45, 7) is 2.32. The van der Waals surface area contributed by atoms with Crippen molar-refractivity contribution in [2.24, 2.45) is 17.8 Å². The van der Waals surface area contributed by atoms with Crippen molar-refractivity contribution in [3.63, 3.8) is 0 Å². The summed E-state index contributed by atoms with van der Waals surface area (Å²) in [6.07, 6.45) is 4.64. The average Bonchev–Trinajstić information content (AvgIpc) is 2.65. The topological polar surface area (TPSA) is 9.23 Å². The van der Waals surface area contributed by atoms with E-state index < -0.39 is 6.36 Å². The third-order valence-electron chi connectivity index (χ3n) is 6.84. The summed E-state index contributed by atoms with van der Waals surface area (Å²) in [5.41, 5.74) is 1.34. The van der Waals surface area contributed by atoms with Gasteiger partial charge in [0.25, 0.3) is 0 Å². The van der Waals surface area contributed by atoms with E-state index in [4.69, 9.17) is 0 Å². The Morgan fingerprint density at radius 3 is 2.37 bits per heavy atom. The summed E-state index contributed by atoms with van der Waals surface area (Å²) in [6, 6.07) is 10.8. The largest absolute Gasteiger partial charge is 0.573 e. The summed E-state index contributed by atoms with van der Waals surface area (Å²) in [4.78, 5) is 0. The smallest absolute Gasteiger partial charge is 0.406 e. The molecule has 2 aliphatic rings. The standard InChI is InChI=1S/C23H27F3O/c1-2-15-3-4-17-12-18(6-5-16(17)11-15)19-7-8-21-14-22(27-23(24,25)26)10-9-20(21)13-19/h7-10,13-18H,2-6,11-12H2,1H3. The highest BCUT2D eigenvalue weighted by molar-refractivity contribution is 5.84. The molecule has 4 atom stereocenters. The number of ether oxygens (including phenoxy) is 1. The van der Waals surface area contributed by atoms with Crippen LogP contribution in [-0.4, -0.2) is 6.36 Å². The van der Waals surface area contributed by atoms with Gasteiger partial charge in [-0.25, -0.2) is 0 Å². The number of halogens is 3. The lowest BCUT2D eigenvalue weighted by Gasteiger charge is -2.42. The van der Waals surface area contributed by atoms with Crippen molar-refractivity contribution in [1.29, 1.82) is 0 Å². The predicted molar refractivity (Wildman–Crippen MR) is 102 cm³/mol. The Morgan fingerprint density at radius 1 is 0.889 bits per heavy atom. The molecule has 2 aliphatic carbocycles. The van der Waals surface area contributed by atoms with Gasteiger partial charge in [0.15, 0.2) is 0 Å². The van der Waals surface area contributed by atoms with E-state index in [0.29, 0.717) is 5.92 Å². The Balaban J connectivity index is 1.49. The van der Waals surface area contributed by atoms with Crippen LogP contribution in [0, 0.1) is 17.8 Å². The molecule has 1 nitrogen and oxygen atoms in total. The SMILES string of the molecule is CCC1CCC2CC(c3ccc4cc(OC(F)(F)F)ccc4c3)CCC2C1. The van der Waals surface area contributed by atoms with Gasteiger partial charge in [0.1, 0.15) is 5.75 Å². The fraction of sp³-hybridized carbons (Fsp3) is 0.565. The van der Waals surface area contributed by atoms with Crippen LogP contribution in [0.25, 0.3) is 10.8 Å². The Bertz CT molecular complexity index is 798. The van der Waals surface area contributed by atoms with Gasteiger partial charge in [-0.1, -0.05) is 44.0 Å². The van der Waals surface area contributed by atoms with E-state index >= 15 is 0 Å². The number of fused-ring (bicyclic) bond motifs is 2. The van der Waals surface area contributed by atoms with Crippen LogP contribution in [0.5, 0.6) is 5.75 Å². The molecule has 4 heteroatoms. The highest BCUT2D eigenvalue weighted by Gasteiger charge is 2.35. The maximum atomic E-state index is 12.4. The van der Waals surface area contributed by atoms with Gasteiger partial charge in [-0.15, -0.1) is 13.2 Å². The maximum Gasteiger partial charge on any atom is 0.573 e. The van der Waals surface area contributed by atoms with Crippen molar-refractivity contribution in [2.45, 2.75) is 64.1 Å². The molecule has 0 aromatic heterocycles. The molecule has 0 heterocycles. The molecular weight excluding hydrogens is 349 g/mol. The molecule has 27 heavy (non-hydrogen) atoms. The average molecular weight is 376 g/mol. The second-order valence-electron chi connectivity index (χ2n) is 8.43. The van der Waals surface area contributed by atoms with Gasteiger partial charge in [-0.3, -0.25) is 0 Å². The van der Waals surface area contributed by atoms with Crippen LogP contribution in [0.1, 0.15) is 63.4 Å². The zero-order valence-electron chi connectivity index (χ0n) is 15.8. The fourth-order valence-corrected chi connectivity index (χ4v) is 5.35. The maximum absolute atomic E-state index is 12.4. The van der Waals surface area contributed by atoms with E-state index in [0.717, 1.165) is 28.5 Å². The first-order chi connectivity index (χ1) is 12.9. The van der Waals surface area contributed by atoms with E-state index in [-0.39, 0.29) is 5.75 Å². The molecule has 2 aromatic rings. The summed E-state index contributed by atoms with van der Waals surface area (Å²) >= 11 is 0. The van der Waals surface area contributed by atoms with Gasteiger partial charge in [0.05, 0.1) is 0 Å². The first kappa shape index (κ1) is 18.6. The molecule has 0 aliphatic heterocycles. The van der Waals surface area contributed by atoms with Crippen LogP contribution < -0.4 is 4.74 Å². The summed E-state index contributed by atoms with van der Waals surface area (Å²) in [5, 5.41) is 1.77. The Morgan fingerprint density at radius 2 is 1.59 bits per heavy atom. The minimum absolute atomic E-state index is 0.157. The minimum Gasteiger partial charge on any atom is -0.406 e. The fourth-order valence-electron chi connectivity index (χ4n) is 5.35. The first-order valence-corrected chi connectivity index (χ1v) is 10.2. The lowest BCUT2D eigenvalue weighted by atomic mass is 9.63. The number of alkyl halides is 3. The predicted octanol–water partition coefficient (Wildman–Crippen LogP) is 7.45. The molecule has 4 rings (SSSR count). The molecule has 2 aromatic carbocycles. The van der Waals surface area contributed by atoms with Gasteiger partial charge in [-0.2, -0.15) is 0 Å². The second kappa shape index (κ2) is 7.37. The Labute approximate surface area is 158 Å². The normalized spacial score (nSPS) is 28.7. The zero-order chi connectivity index (χ0) is 19.0. The molecule has 0 saturated heterocycles. The molecule has 146 valence electrons. The third kappa shape index (κ3) is 4.25. The second-order valence-corrected chi connectivity index (χ2v) is 8.43. The van der Waals surface area contributed by atoms with E-state index in [9.17, 15) is 13.2 Å². The van der Waals surface area contributed by atoms with Crippen molar-refractivity contribution in [1.82, 2.24) is 0 Å². The van der Waals surface area contributed by atoms with Crippen molar-refractivity contribution < 1.29 is 17.9 Å². The van der Waals surface area contributed by atoms with E-state index in [1.165, 1.54) is 62.6 Å². The molecule has 2 fully saturated rings. The van der Waals surface area contributed by atoms with Crippen LogP contribution in [0.3, 0.4) is 0 Å². The number of hydrogen-bond acceptors (Lipinski definition) is 1. The molecule has 2 saturated carbocycles. The third-order valence-corrected chi connectivity index (χ3v) is 6.84. The summed E-state index contributed by atoms with van der Waals surface area (Å²) < 4.78 is 41.3. The van der Waals surface area contributed by atoms with Crippen LogP contribution >= 0.6 is 0 Å². The quantitative estimate of drug-likeness (QED) is 0.540. The number of rotatable bonds is 3. The minimum atomic E-state index is -4.65. The van der Waals surface area contributed by atoms with Crippen LogP contribution in [-0.2, 0) is 0 Å². The molecule has 0 radical (unpaired) electrons. The molecule has 0 bridgehead atoms. The Hall–Kier alpha value is -1.71. The van der Waals surface area contributed by atoms with Crippen molar-refractivity contribution >= 4 is 10.8 Å². The van der Waals surface area contributed by atoms with Gasteiger partial charge in [-0.05, 0) is 84.2 Å². The molecule has 0 spiro atoms.